The summed E-state index contributed by atoms with van der Waals surface area (Å²) in [7, 11) is 0. The molecule has 7 nitrogen and oxygen atoms in total. The van der Waals surface area contributed by atoms with Gasteiger partial charge >= 0.3 is 0 Å². The Morgan fingerprint density at radius 3 is 2.86 bits per heavy atom. The van der Waals surface area contributed by atoms with Crippen LogP contribution in [0.5, 0.6) is 5.88 Å². The van der Waals surface area contributed by atoms with Gasteiger partial charge in [-0.05, 0) is 45.6 Å². The standard InChI is InChI=1S/C20H34N4O3.HI/c1-4-21-20(22-10-6-11-25-15-18-7-5-12-26-18)24-14-17-8-9-19(23-13-17)27-16(2)3;/h8-9,13,16,18H,4-7,10-12,14-15H2,1-3H3,(H2,21,22,24);1H. The second-order valence-corrected chi connectivity index (χ2v) is 6.86. The average Bonchev–Trinajstić information content (AvgIpc) is 3.16. The van der Waals surface area contributed by atoms with Crippen LogP contribution in [0.3, 0.4) is 0 Å². The predicted octanol–water partition coefficient (Wildman–Crippen LogP) is 3.13. The third-order valence-electron chi connectivity index (χ3n) is 4.00. The van der Waals surface area contributed by atoms with Gasteiger partial charge in [-0.1, -0.05) is 6.07 Å². The summed E-state index contributed by atoms with van der Waals surface area (Å²) < 4.78 is 16.8. The van der Waals surface area contributed by atoms with Crippen LogP contribution in [-0.4, -0.2) is 56.1 Å². The molecule has 2 heterocycles. The molecule has 0 bridgehead atoms. The number of pyridine rings is 1. The average molecular weight is 506 g/mol. The maximum Gasteiger partial charge on any atom is 0.213 e. The molecule has 0 radical (unpaired) electrons. The smallest absolute Gasteiger partial charge is 0.213 e. The lowest BCUT2D eigenvalue weighted by Crippen LogP contribution is -2.38. The molecule has 0 saturated carbocycles. The van der Waals surface area contributed by atoms with Crippen molar-refractivity contribution in [2.24, 2.45) is 4.99 Å². The Kier molecular flexibility index (Phi) is 13.2. The molecule has 1 fully saturated rings. The number of hydrogen-bond acceptors (Lipinski definition) is 5. The van der Waals surface area contributed by atoms with Gasteiger partial charge in [-0.25, -0.2) is 9.98 Å². The summed E-state index contributed by atoms with van der Waals surface area (Å²) in [4.78, 5) is 8.92. The summed E-state index contributed by atoms with van der Waals surface area (Å²) >= 11 is 0. The Hall–Kier alpha value is -1.13. The Labute approximate surface area is 186 Å². The van der Waals surface area contributed by atoms with Gasteiger partial charge in [0, 0.05) is 38.6 Å². The molecule has 1 aliphatic rings. The summed E-state index contributed by atoms with van der Waals surface area (Å²) in [6.07, 6.45) is 5.43. The molecule has 0 spiro atoms. The second kappa shape index (κ2) is 14.8. The Morgan fingerprint density at radius 2 is 2.21 bits per heavy atom. The van der Waals surface area contributed by atoms with Crippen LogP contribution in [0.15, 0.2) is 23.3 Å². The molecular weight excluding hydrogens is 471 g/mol. The number of ether oxygens (including phenoxy) is 3. The SMILES string of the molecule is CCNC(=NCc1ccc(OC(C)C)nc1)NCCCOCC1CCCO1.I. The molecule has 160 valence electrons. The monoisotopic (exact) mass is 506 g/mol. The van der Waals surface area contributed by atoms with Crippen LogP contribution < -0.4 is 15.4 Å². The molecule has 2 rings (SSSR count). The van der Waals surface area contributed by atoms with E-state index in [1.807, 2.05) is 32.2 Å². The van der Waals surface area contributed by atoms with E-state index in [9.17, 15) is 0 Å². The van der Waals surface area contributed by atoms with E-state index in [0.717, 1.165) is 57.1 Å². The van der Waals surface area contributed by atoms with Crippen LogP contribution in [-0.2, 0) is 16.0 Å². The highest BCUT2D eigenvalue weighted by Crippen LogP contribution is 2.12. The molecule has 28 heavy (non-hydrogen) atoms. The van der Waals surface area contributed by atoms with Crippen molar-refractivity contribution in [3.8, 4) is 5.88 Å². The predicted molar refractivity (Wildman–Crippen MR) is 123 cm³/mol. The first-order valence-corrected chi connectivity index (χ1v) is 10.0. The number of aromatic nitrogens is 1. The van der Waals surface area contributed by atoms with E-state index in [0.29, 0.717) is 25.1 Å². The highest BCUT2D eigenvalue weighted by molar-refractivity contribution is 14.0. The van der Waals surface area contributed by atoms with Crippen LogP contribution in [0.25, 0.3) is 0 Å². The van der Waals surface area contributed by atoms with E-state index in [2.05, 4.69) is 27.5 Å². The fourth-order valence-electron chi connectivity index (χ4n) is 2.70. The number of nitrogens with zero attached hydrogens (tertiary/aromatic N) is 2. The van der Waals surface area contributed by atoms with Crippen molar-refractivity contribution in [2.75, 3.05) is 32.9 Å². The van der Waals surface area contributed by atoms with Crippen molar-refractivity contribution >= 4 is 29.9 Å². The third kappa shape index (κ3) is 10.4. The molecular formula is C20H35IN4O3. The number of guanidine groups is 1. The first-order valence-electron chi connectivity index (χ1n) is 10.0. The number of nitrogens with one attached hydrogen (secondary N) is 2. The van der Waals surface area contributed by atoms with E-state index >= 15 is 0 Å². The molecule has 8 heteroatoms. The highest BCUT2D eigenvalue weighted by Gasteiger charge is 2.14. The highest BCUT2D eigenvalue weighted by atomic mass is 127. The first-order chi connectivity index (χ1) is 13.2. The normalized spacial score (nSPS) is 16.7. The van der Waals surface area contributed by atoms with Crippen molar-refractivity contribution in [1.82, 2.24) is 15.6 Å². The maximum atomic E-state index is 5.68. The van der Waals surface area contributed by atoms with Gasteiger partial charge in [-0.15, -0.1) is 24.0 Å². The van der Waals surface area contributed by atoms with Gasteiger partial charge in [-0.2, -0.15) is 0 Å². The Balaban J connectivity index is 0.00000392. The maximum absolute atomic E-state index is 5.68. The molecule has 1 aromatic heterocycles. The van der Waals surface area contributed by atoms with Crippen molar-refractivity contribution < 1.29 is 14.2 Å². The Morgan fingerprint density at radius 1 is 1.36 bits per heavy atom. The number of hydrogen-bond donors (Lipinski definition) is 2. The third-order valence-corrected chi connectivity index (χ3v) is 4.00. The number of aliphatic imine (C=N–C) groups is 1. The molecule has 0 aromatic carbocycles. The summed E-state index contributed by atoms with van der Waals surface area (Å²) in [5.41, 5.74) is 1.04. The quantitative estimate of drug-likeness (QED) is 0.208. The van der Waals surface area contributed by atoms with Crippen LogP contribution >= 0.6 is 24.0 Å². The minimum atomic E-state index is 0. The molecule has 1 aromatic rings. The summed E-state index contributed by atoms with van der Waals surface area (Å²) in [6.45, 7) is 10.6. The second-order valence-electron chi connectivity index (χ2n) is 6.86. The lowest BCUT2D eigenvalue weighted by atomic mass is 10.2. The van der Waals surface area contributed by atoms with Crippen molar-refractivity contribution in [2.45, 2.75) is 58.8 Å². The van der Waals surface area contributed by atoms with Crippen LogP contribution in [0.2, 0.25) is 0 Å². The number of rotatable bonds is 11. The fraction of sp³-hybridized carbons (Fsp3) is 0.700. The molecule has 2 N–H and O–H groups in total. The van der Waals surface area contributed by atoms with E-state index in [1.165, 1.54) is 0 Å². The molecule has 1 saturated heterocycles. The van der Waals surface area contributed by atoms with Crippen molar-refractivity contribution in [1.29, 1.82) is 0 Å². The zero-order chi connectivity index (χ0) is 19.3. The van der Waals surface area contributed by atoms with Gasteiger partial charge in [0.1, 0.15) is 0 Å². The minimum Gasteiger partial charge on any atom is -0.475 e. The minimum absolute atomic E-state index is 0. The van der Waals surface area contributed by atoms with Gasteiger partial charge in [0.15, 0.2) is 5.96 Å². The summed E-state index contributed by atoms with van der Waals surface area (Å²) in [6, 6.07) is 3.88. The van der Waals surface area contributed by atoms with E-state index in [1.54, 1.807) is 0 Å². The molecule has 0 aliphatic carbocycles. The molecule has 1 unspecified atom stereocenters. The van der Waals surface area contributed by atoms with E-state index in [-0.39, 0.29) is 30.1 Å². The molecule has 1 aliphatic heterocycles. The van der Waals surface area contributed by atoms with Crippen LogP contribution in [0, 0.1) is 0 Å². The van der Waals surface area contributed by atoms with Crippen molar-refractivity contribution in [3.63, 3.8) is 0 Å². The van der Waals surface area contributed by atoms with Gasteiger partial charge in [-0.3, -0.25) is 0 Å². The zero-order valence-corrected chi connectivity index (χ0v) is 19.6. The van der Waals surface area contributed by atoms with Gasteiger partial charge in [0.25, 0.3) is 0 Å². The number of halogens is 1. The first kappa shape index (κ1) is 24.9. The molecule has 0 amide bonds. The van der Waals surface area contributed by atoms with Crippen LogP contribution in [0.4, 0.5) is 0 Å². The van der Waals surface area contributed by atoms with Gasteiger partial charge in [0.2, 0.25) is 5.88 Å². The lowest BCUT2D eigenvalue weighted by molar-refractivity contribution is 0.0168. The Bertz CT molecular complexity index is 549. The summed E-state index contributed by atoms with van der Waals surface area (Å²) in [5, 5.41) is 6.60. The fourth-order valence-corrected chi connectivity index (χ4v) is 2.70. The van der Waals surface area contributed by atoms with Crippen molar-refractivity contribution in [3.05, 3.63) is 23.9 Å². The lowest BCUT2D eigenvalue weighted by Gasteiger charge is -2.13. The summed E-state index contributed by atoms with van der Waals surface area (Å²) in [5.74, 6) is 1.45. The van der Waals surface area contributed by atoms with Gasteiger partial charge < -0.3 is 24.8 Å². The zero-order valence-electron chi connectivity index (χ0n) is 17.3. The topological polar surface area (TPSA) is 77.0 Å². The largest absolute Gasteiger partial charge is 0.475 e. The molecule has 1 atom stereocenters. The van der Waals surface area contributed by atoms with Crippen LogP contribution in [0.1, 0.15) is 45.6 Å². The van der Waals surface area contributed by atoms with E-state index in [4.69, 9.17) is 14.2 Å². The van der Waals surface area contributed by atoms with Gasteiger partial charge in [0.05, 0.1) is 25.4 Å². The van der Waals surface area contributed by atoms with E-state index < -0.39 is 0 Å².